The topological polar surface area (TPSA) is 66.0 Å². The monoisotopic (exact) mass is 423 g/mol. The Morgan fingerprint density at radius 1 is 0.567 bits per heavy atom. The molecule has 1 heterocycles. The standard InChI is InChI=1S/C24H45N3O3/c1-5-8-11-13-16-19-25-22(28)26(20-17-14-12-9-6-2)24(30)27(23(25)29)21(4)18-15-10-7-3/h21H,5-20H2,1-4H3. The molecule has 174 valence electrons. The third-order valence-corrected chi connectivity index (χ3v) is 5.97. The fourth-order valence-corrected chi connectivity index (χ4v) is 3.98. The van der Waals surface area contributed by atoms with Gasteiger partial charge in [0.15, 0.2) is 0 Å². The van der Waals surface area contributed by atoms with E-state index in [-0.39, 0.29) is 6.04 Å². The lowest BCUT2D eigenvalue weighted by Crippen LogP contribution is -2.55. The van der Waals surface area contributed by atoms with E-state index in [2.05, 4.69) is 20.8 Å². The van der Waals surface area contributed by atoms with Crippen LogP contribution in [0, 0.1) is 0 Å². The smallest absolute Gasteiger partial charge is 0.247 e. The third kappa shape index (κ3) is 8.27. The van der Waals surface area contributed by atoms with E-state index in [0.717, 1.165) is 77.0 Å². The van der Waals surface area contributed by atoms with Crippen LogP contribution in [0.2, 0.25) is 0 Å². The predicted molar refractivity (Wildman–Crippen MR) is 126 cm³/mol. The first kappa shape index (κ1) is 26.4. The average Bonchev–Trinajstić information content (AvgIpc) is 2.72. The molecule has 0 amide bonds. The largest absolute Gasteiger partial charge is 0.336 e. The summed E-state index contributed by atoms with van der Waals surface area (Å²) in [5, 5.41) is 0. The minimum absolute atomic E-state index is 0.185. The van der Waals surface area contributed by atoms with Crippen LogP contribution < -0.4 is 17.1 Å². The minimum Gasteiger partial charge on any atom is -0.247 e. The van der Waals surface area contributed by atoms with Crippen molar-refractivity contribution in [2.24, 2.45) is 0 Å². The summed E-state index contributed by atoms with van der Waals surface area (Å²) < 4.78 is 3.97. The second-order valence-electron chi connectivity index (χ2n) is 8.69. The van der Waals surface area contributed by atoms with E-state index < -0.39 is 17.1 Å². The Kier molecular flexibility index (Phi) is 13.4. The molecule has 0 fully saturated rings. The normalized spacial score (nSPS) is 12.4. The van der Waals surface area contributed by atoms with Gasteiger partial charge >= 0.3 is 17.1 Å². The van der Waals surface area contributed by atoms with E-state index in [0.29, 0.717) is 13.1 Å². The van der Waals surface area contributed by atoms with Crippen LogP contribution in [-0.2, 0) is 13.1 Å². The summed E-state index contributed by atoms with van der Waals surface area (Å²) in [6.45, 7) is 9.21. The molecule has 1 atom stereocenters. The van der Waals surface area contributed by atoms with Crippen molar-refractivity contribution >= 4 is 0 Å². The molecular weight excluding hydrogens is 378 g/mol. The summed E-state index contributed by atoms with van der Waals surface area (Å²) >= 11 is 0. The van der Waals surface area contributed by atoms with E-state index in [1.807, 2.05) is 6.92 Å². The van der Waals surface area contributed by atoms with Gasteiger partial charge in [0.2, 0.25) is 0 Å². The molecule has 0 aromatic carbocycles. The van der Waals surface area contributed by atoms with Gasteiger partial charge in [0, 0.05) is 19.1 Å². The molecule has 0 radical (unpaired) electrons. The summed E-state index contributed by atoms with van der Waals surface area (Å²) in [6.07, 6.45) is 14.4. The molecule has 0 spiro atoms. The van der Waals surface area contributed by atoms with Gasteiger partial charge in [-0.15, -0.1) is 0 Å². The molecule has 30 heavy (non-hydrogen) atoms. The molecule has 0 saturated heterocycles. The van der Waals surface area contributed by atoms with Gasteiger partial charge < -0.3 is 0 Å². The molecule has 0 aliphatic heterocycles. The second-order valence-corrected chi connectivity index (χ2v) is 8.69. The predicted octanol–water partition coefficient (Wildman–Crippen LogP) is 5.25. The number of hydrogen-bond acceptors (Lipinski definition) is 3. The Bertz CT molecular complexity index is 708. The number of hydrogen-bond donors (Lipinski definition) is 0. The van der Waals surface area contributed by atoms with E-state index >= 15 is 0 Å². The lowest BCUT2D eigenvalue weighted by molar-refractivity contribution is 0.371. The van der Waals surface area contributed by atoms with Crippen LogP contribution in [0.4, 0.5) is 0 Å². The van der Waals surface area contributed by atoms with Gasteiger partial charge in [-0.3, -0.25) is 0 Å². The lowest BCUT2D eigenvalue weighted by atomic mass is 10.1. The van der Waals surface area contributed by atoms with Crippen molar-refractivity contribution in [1.29, 1.82) is 0 Å². The van der Waals surface area contributed by atoms with Crippen molar-refractivity contribution in [3.63, 3.8) is 0 Å². The van der Waals surface area contributed by atoms with Gasteiger partial charge in [0.05, 0.1) is 0 Å². The molecule has 6 nitrogen and oxygen atoms in total. The molecule has 0 saturated carbocycles. The van der Waals surface area contributed by atoms with Crippen LogP contribution in [-0.4, -0.2) is 13.7 Å². The highest BCUT2D eigenvalue weighted by molar-refractivity contribution is 4.82. The van der Waals surface area contributed by atoms with E-state index in [9.17, 15) is 14.4 Å². The summed E-state index contributed by atoms with van der Waals surface area (Å²) in [7, 11) is 0. The zero-order chi connectivity index (χ0) is 22.4. The first-order valence-electron chi connectivity index (χ1n) is 12.5. The lowest BCUT2D eigenvalue weighted by Gasteiger charge is -2.18. The van der Waals surface area contributed by atoms with Gasteiger partial charge in [0.25, 0.3) is 0 Å². The minimum atomic E-state index is -0.424. The van der Waals surface area contributed by atoms with Crippen LogP contribution in [0.15, 0.2) is 14.4 Å². The Labute approximate surface area is 182 Å². The van der Waals surface area contributed by atoms with Crippen LogP contribution in [0.25, 0.3) is 0 Å². The molecule has 0 N–H and O–H groups in total. The Morgan fingerprint density at radius 2 is 0.967 bits per heavy atom. The van der Waals surface area contributed by atoms with Crippen LogP contribution >= 0.6 is 0 Å². The van der Waals surface area contributed by atoms with Crippen molar-refractivity contribution in [2.75, 3.05) is 0 Å². The Morgan fingerprint density at radius 3 is 1.40 bits per heavy atom. The Balaban J connectivity index is 3.12. The van der Waals surface area contributed by atoms with E-state index in [1.165, 1.54) is 26.5 Å². The number of aromatic nitrogens is 3. The maximum absolute atomic E-state index is 13.1. The quantitative estimate of drug-likeness (QED) is 0.321. The highest BCUT2D eigenvalue weighted by atomic mass is 16.2. The molecule has 0 aliphatic rings. The molecule has 1 rings (SSSR count). The van der Waals surface area contributed by atoms with Gasteiger partial charge in [-0.25, -0.2) is 28.1 Å². The molecular formula is C24H45N3O3. The highest BCUT2D eigenvalue weighted by Gasteiger charge is 2.19. The van der Waals surface area contributed by atoms with E-state index in [4.69, 9.17) is 0 Å². The van der Waals surface area contributed by atoms with Crippen molar-refractivity contribution in [3.8, 4) is 0 Å². The molecule has 0 aliphatic carbocycles. The maximum Gasteiger partial charge on any atom is 0.336 e. The molecule has 1 aromatic heterocycles. The Hall–Kier alpha value is -1.59. The first-order chi connectivity index (χ1) is 14.5. The zero-order valence-corrected chi connectivity index (χ0v) is 20.0. The molecule has 1 aromatic rings. The summed E-state index contributed by atoms with van der Waals surface area (Å²) in [6, 6.07) is -0.185. The average molecular weight is 424 g/mol. The SMILES string of the molecule is CCCCCCCn1c(=O)n(CCCCCCC)c(=O)n(C(C)CCCCC)c1=O. The maximum atomic E-state index is 13.1. The van der Waals surface area contributed by atoms with Crippen molar-refractivity contribution in [3.05, 3.63) is 31.5 Å². The fourth-order valence-electron chi connectivity index (χ4n) is 3.98. The van der Waals surface area contributed by atoms with Gasteiger partial charge in [-0.05, 0) is 26.2 Å². The van der Waals surface area contributed by atoms with Crippen molar-refractivity contribution < 1.29 is 0 Å². The van der Waals surface area contributed by atoms with E-state index in [1.54, 1.807) is 0 Å². The van der Waals surface area contributed by atoms with Crippen molar-refractivity contribution in [2.45, 2.75) is 137 Å². The fraction of sp³-hybridized carbons (Fsp3) is 0.875. The number of nitrogens with zero attached hydrogens (tertiary/aromatic N) is 3. The molecule has 0 bridgehead atoms. The van der Waals surface area contributed by atoms with Gasteiger partial charge in [-0.2, -0.15) is 0 Å². The van der Waals surface area contributed by atoms with Gasteiger partial charge in [-0.1, -0.05) is 91.4 Å². The molecule has 1 unspecified atom stereocenters. The summed E-state index contributed by atoms with van der Waals surface area (Å²) in [5.41, 5.74) is -1.27. The zero-order valence-electron chi connectivity index (χ0n) is 20.0. The second kappa shape index (κ2) is 15.2. The number of rotatable bonds is 17. The summed E-state index contributed by atoms with van der Waals surface area (Å²) in [4.78, 5) is 39.2. The van der Waals surface area contributed by atoms with Crippen LogP contribution in [0.5, 0.6) is 0 Å². The molecule has 6 heteroatoms. The van der Waals surface area contributed by atoms with Gasteiger partial charge in [0.1, 0.15) is 0 Å². The van der Waals surface area contributed by atoms with Crippen LogP contribution in [0.1, 0.15) is 124 Å². The number of unbranched alkanes of at least 4 members (excludes halogenated alkanes) is 10. The first-order valence-corrected chi connectivity index (χ1v) is 12.5. The third-order valence-electron chi connectivity index (χ3n) is 5.97. The van der Waals surface area contributed by atoms with Crippen LogP contribution in [0.3, 0.4) is 0 Å². The highest BCUT2D eigenvalue weighted by Crippen LogP contribution is 2.11. The summed E-state index contributed by atoms with van der Waals surface area (Å²) in [5.74, 6) is 0. The van der Waals surface area contributed by atoms with Crippen molar-refractivity contribution in [1.82, 2.24) is 13.7 Å².